The van der Waals surface area contributed by atoms with Crippen molar-refractivity contribution in [2.75, 3.05) is 0 Å². The molecule has 0 spiro atoms. The average Bonchev–Trinajstić information content (AvgIpc) is 2.62. The molecule has 0 fully saturated rings. The highest BCUT2D eigenvalue weighted by atomic mass is 16.5. The lowest BCUT2D eigenvalue weighted by Crippen LogP contribution is -2.38. The molecule has 0 N–H and O–H groups in total. The standard InChI is InChI=1S/C17H15N4O2/c22-16(23-15-5-2-1-3-6-15)8-12-21-11-7-14(13-20-21)17-18-9-4-10-19-17/h1-7,9-11,13H,8,12H2/q+1. The van der Waals surface area contributed by atoms with Gasteiger partial charge in [0.2, 0.25) is 0 Å². The zero-order valence-corrected chi connectivity index (χ0v) is 12.4. The number of carbonyl (C=O) groups excluding carboxylic acids is 1. The Kier molecular flexibility index (Phi) is 4.63. The van der Waals surface area contributed by atoms with Crippen molar-refractivity contribution in [3.8, 4) is 17.1 Å². The fraction of sp³-hybridized carbons (Fsp3) is 0.118. The molecule has 0 aliphatic heterocycles. The third-order valence-electron chi connectivity index (χ3n) is 3.12. The summed E-state index contributed by atoms with van der Waals surface area (Å²) in [6.45, 7) is 0.446. The van der Waals surface area contributed by atoms with E-state index < -0.39 is 0 Å². The molecule has 6 heteroatoms. The molecule has 0 aliphatic carbocycles. The van der Waals surface area contributed by atoms with Gasteiger partial charge in [0.15, 0.2) is 18.6 Å². The van der Waals surface area contributed by atoms with E-state index in [4.69, 9.17) is 4.74 Å². The lowest BCUT2D eigenvalue weighted by molar-refractivity contribution is -0.752. The molecule has 6 nitrogen and oxygen atoms in total. The maximum atomic E-state index is 11.8. The Morgan fingerprint density at radius 1 is 1.04 bits per heavy atom. The van der Waals surface area contributed by atoms with E-state index in [9.17, 15) is 4.79 Å². The largest absolute Gasteiger partial charge is 0.426 e. The number of para-hydroxylation sites is 1. The number of hydrogen-bond acceptors (Lipinski definition) is 5. The first-order chi connectivity index (χ1) is 11.3. The van der Waals surface area contributed by atoms with Gasteiger partial charge in [-0.05, 0) is 23.3 Å². The van der Waals surface area contributed by atoms with Gasteiger partial charge in [-0.3, -0.25) is 4.79 Å². The van der Waals surface area contributed by atoms with E-state index in [2.05, 4.69) is 15.1 Å². The van der Waals surface area contributed by atoms with E-state index in [0.29, 0.717) is 18.1 Å². The van der Waals surface area contributed by atoms with Crippen molar-refractivity contribution in [1.29, 1.82) is 0 Å². The molecule has 2 heterocycles. The monoisotopic (exact) mass is 307 g/mol. The summed E-state index contributed by atoms with van der Waals surface area (Å²) in [5, 5.41) is 4.26. The molecular weight excluding hydrogens is 292 g/mol. The summed E-state index contributed by atoms with van der Waals surface area (Å²) in [6.07, 6.45) is 7.08. The van der Waals surface area contributed by atoms with E-state index >= 15 is 0 Å². The summed E-state index contributed by atoms with van der Waals surface area (Å²) in [7, 11) is 0. The van der Waals surface area contributed by atoms with Crippen LogP contribution in [0.1, 0.15) is 6.42 Å². The minimum Gasteiger partial charge on any atom is -0.426 e. The Bertz CT molecular complexity index is 762. The minimum absolute atomic E-state index is 0.244. The highest BCUT2D eigenvalue weighted by Gasteiger charge is 2.11. The van der Waals surface area contributed by atoms with Crippen LogP contribution in [-0.2, 0) is 11.3 Å². The molecule has 0 unspecified atom stereocenters. The van der Waals surface area contributed by atoms with Crippen LogP contribution < -0.4 is 9.42 Å². The molecule has 0 atom stereocenters. The van der Waals surface area contributed by atoms with Gasteiger partial charge in [0.1, 0.15) is 18.4 Å². The molecule has 0 radical (unpaired) electrons. The van der Waals surface area contributed by atoms with Gasteiger partial charge in [0, 0.05) is 24.0 Å². The number of carbonyl (C=O) groups is 1. The van der Waals surface area contributed by atoms with Crippen LogP contribution >= 0.6 is 0 Å². The van der Waals surface area contributed by atoms with Crippen LogP contribution in [-0.4, -0.2) is 21.0 Å². The third-order valence-corrected chi connectivity index (χ3v) is 3.12. The Balaban J connectivity index is 1.55. The Hall–Kier alpha value is -3.15. The van der Waals surface area contributed by atoms with Crippen molar-refractivity contribution in [3.05, 3.63) is 67.3 Å². The first-order valence-corrected chi connectivity index (χ1v) is 7.20. The lowest BCUT2D eigenvalue weighted by Gasteiger charge is -2.02. The molecule has 0 saturated carbocycles. The van der Waals surface area contributed by atoms with Gasteiger partial charge in [-0.15, -0.1) is 0 Å². The predicted molar refractivity (Wildman–Crippen MR) is 82.2 cm³/mol. The van der Waals surface area contributed by atoms with Crippen LogP contribution in [0.4, 0.5) is 0 Å². The number of rotatable bonds is 5. The van der Waals surface area contributed by atoms with Gasteiger partial charge in [-0.2, -0.15) is 0 Å². The lowest BCUT2D eigenvalue weighted by atomic mass is 10.3. The van der Waals surface area contributed by atoms with Crippen molar-refractivity contribution in [3.63, 3.8) is 0 Å². The molecule has 2 aromatic heterocycles. The quantitative estimate of drug-likeness (QED) is 0.408. The van der Waals surface area contributed by atoms with Crippen molar-refractivity contribution in [2.45, 2.75) is 13.0 Å². The van der Waals surface area contributed by atoms with Gasteiger partial charge >= 0.3 is 5.97 Å². The van der Waals surface area contributed by atoms with Crippen LogP contribution in [0.25, 0.3) is 11.4 Å². The van der Waals surface area contributed by atoms with Gasteiger partial charge in [-0.25, -0.2) is 9.97 Å². The average molecular weight is 307 g/mol. The van der Waals surface area contributed by atoms with E-state index in [0.717, 1.165) is 5.56 Å². The second-order valence-electron chi connectivity index (χ2n) is 4.79. The van der Waals surface area contributed by atoms with Crippen molar-refractivity contribution in [1.82, 2.24) is 15.1 Å². The van der Waals surface area contributed by atoms with E-state index in [-0.39, 0.29) is 12.4 Å². The number of esters is 1. The van der Waals surface area contributed by atoms with Crippen molar-refractivity contribution < 1.29 is 14.2 Å². The Morgan fingerprint density at radius 2 is 1.83 bits per heavy atom. The first kappa shape index (κ1) is 14.8. The van der Waals surface area contributed by atoms with Gasteiger partial charge in [0.05, 0.1) is 0 Å². The van der Waals surface area contributed by atoms with Gasteiger partial charge < -0.3 is 4.74 Å². The SMILES string of the molecule is O=C(CC[n+]1ccc(-c2ncccn2)cn1)Oc1ccccc1. The second-order valence-corrected chi connectivity index (χ2v) is 4.79. The number of hydrogen-bond donors (Lipinski definition) is 0. The predicted octanol–water partition coefficient (Wildman–Crippen LogP) is 1.82. The van der Waals surface area contributed by atoms with Crippen LogP contribution in [0.15, 0.2) is 67.3 Å². The summed E-state index contributed by atoms with van der Waals surface area (Å²) >= 11 is 0. The third kappa shape index (κ3) is 4.16. The molecule has 3 rings (SSSR count). The molecule has 114 valence electrons. The number of nitrogens with zero attached hydrogens (tertiary/aromatic N) is 4. The van der Waals surface area contributed by atoms with Gasteiger partial charge in [-0.1, -0.05) is 22.9 Å². The number of aromatic nitrogens is 4. The molecular formula is C17H15N4O2+. The van der Waals surface area contributed by atoms with Crippen molar-refractivity contribution in [2.24, 2.45) is 0 Å². The summed E-state index contributed by atoms with van der Waals surface area (Å²) in [4.78, 5) is 20.1. The fourth-order valence-electron chi connectivity index (χ4n) is 1.97. The summed E-state index contributed by atoms with van der Waals surface area (Å²) < 4.78 is 6.91. The van der Waals surface area contributed by atoms with E-state index in [1.807, 2.05) is 24.3 Å². The van der Waals surface area contributed by atoms with Crippen molar-refractivity contribution >= 4 is 5.97 Å². The Labute approximate surface area is 133 Å². The van der Waals surface area contributed by atoms with E-state index in [1.54, 1.807) is 47.7 Å². The molecule has 0 aliphatic rings. The maximum absolute atomic E-state index is 11.8. The molecule has 0 bridgehead atoms. The van der Waals surface area contributed by atoms with Crippen LogP contribution in [0.3, 0.4) is 0 Å². The normalized spacial score (nSPS) is 10.3. The highest BCUT2D eigenvalue weighted by Crippen LogP contribution is 2.10. The topological polar surface area (TPSA) is 68.9 Å². The Morgan fingerprint density at radius 3 is 2.52 bits per heavy atom. The van der Waals surface area contributed by atoms with Crippen LogP contribution in [0, 0.1) is 0 Å². The van der Waals surface area contributed by atoms with Crippen LogP contribution in [0.5, 0.6) is 5.75 Å². The smallest absolute Gasteiger partial charge is 0.317 e. The zero-order valence-electron chi connectivity index (χ0n) is 12.4. The molecule has 3 aromatic rings. The molecule has 1 aromatic carbocycles. The molecule has 23 heavy (non-hydrogen) atoms. The number of aryl methyl sites for hydroxylation is 1. The molecule has 0 saturated heterocycles. The summed E-state index contributed by atoms with van der Waals surface area (Å²) in [5.74, 6) is 0.878. The first-order valence-electron chi connectivity index (χ1n) is 7.20. The highest BCUT2D eigenvalue weighted by molar-refractivity contribution is 5.72. The molecule has 0 amide bonds. The second kappa shape index (κ2) is 7.22. The zero-order chi connectivity index (χ0) is 15.9. The summed E-state index contributed by atoms with van der Waals surface area (Å²) in [5.41, 5.74) is 0.828. The van der Waals surface area contributed by atoms with Gasteiger partial charge in [0.25, 0.3) is 0 Å². The minimum atomic E-state index is -0.291. The summed E-state index contributed by atoms with van der Waals surface area (Å²) in [6, 6.07) is 12.6. The number of ether oxygens (including phenoxy) is 1. The number of benzene rings is 1. The maximum Gasteiger partial charge on any atom is 0.317 e. The van der Waals surface area contributed by atoms with E-state index in [1.165, 1.54) is 0 Å². The fourth-order valence-corrected chi connectivity index (χ4v) is 1.97. The van der Waals surface area contributed by atoms with Crippen LogP contribution in [0.2, 0.25) is 0 Å².